The van der Waals surface area contributed by atoms with Crippen molar-refractivity contribution in [2.24, 2.45) is 5.73 Å². The molecule has 0 spiro atoms. The third-order valence-electron chi connectivity index (χ3n) is 2.54. The molecule has 0 aliphatic heterocycles. The van der Waals surface area contributed by atoms with Crippen LogP contribution in [0.2, 0.25) is 0 Å². The Kier molecular flexibility index (Phi) is 3.28. The average Bonchev–Trinajstić information content (AvgIpc) is 2.77. The van der Waals surface area contributed by atoms with Crippen molar-refractivity contribution in [1.29, 1.82) is 0 Å². The molecule has 2 N–H and O–H groups in total. The van der Waals surface area contributed by atoms with E-state index in [2.05, 4.69) is 0 Å². The maximum Gasteiger partial charge on any atom is 0.410 e. The van der Waals surface area contributed by atoms with Crippen LogP contribution in [0.25, 0.3) is 0 Å². The molecule has 1 aliphatic rings. The minimum absolute atomic E-state index is 0.00370. The zero-order chi connectivity index (χ0) is 11.7. The van der Waals surface area contributed by atoms with Crippen molar-refractivity contribution in [2.45, 2.75) is 51.2 Å². The summed E-state index contributed by atoms with van der Waals surface area (Å²) in [4.78, 5) is 13.2. The summed E-state index contributed by atoms with van der Waals surface area (Å²) in [5.41, 5.74) is 5.51. The number of nitrogens with zero attached hydrogens (tertiary/aromatic N) is 1. The molecular formula is C11H22N2O2. The van der Waals surface area contributed by atoms with E-state index in [1.165, 1.54) is 0 Å². The van der Waals surface area contributed by atoms with Crippen LogP contribution in [0.1, 0.15) is 40.0 Å². The Morgan fingerprint density at radius 2 is 2.00 bits per heavy atom. The molecule has 1 saturated carbocycles. The number of nitrogens with two attached hydrogens (primary N) is 1. The lowest BCUT2D eigenvalue weighted by Gasteiger charge is -2.25. The lowest BCUT2D eigenvalue weighted by molar-refractivity contribution is 0.0294. The Hall–Kier alpha value is -0.770. The highest BCUT2D eigenvalue weighted by molar-refractivity contribution is 5.67. The zero-order valence-corrected chi connectivity index (χ0v) is 10.2. The first-order valence-corrected chi connectivity index (χ1v) is 5.45. The summed E-state index contributed by atoms with van der Waals surface area (Å²) in [6, 6.07) is 0. The van der Waals surface area contributed by atoms with E-state index in [1.54, 1.807) is 11.9 Å². The van der Waals surface area contributed by atoms with Crippen LogP contribution in [0.3, 0.4) is 0 Å². The lowest BCUT2D eigenvalue weighted by atomic mass is 10.2. The topological polar surface area (TPSA) is 55.6 Å². The highest BCUT2D eigenvalue weighted by Crippen LogP contribution is 2.35. The van der Waals surface area contributed by atoms with Gasteiger partial charge in [0.05, 0.1) is 0 Å². The van der Waals surface area contributed by atoms with Gasteiger partial charge in [0, 0.05) is 19.1 Å². The van der Waals surface area contributed by atoms with E-state index in [-0.39, 0.29) is 11.6 Å². The molecule has 0 unspecified atom stereocenters. The van der Waals surface area contributed by atoms with Crippen LogP contribution in [0.5, 0.6) is 0 Å². The molecule has 0 bridgehead atoms. The molecule has 15 heavy (non-hydrogen) atoms. The van der Waals surface area contributed by atoms with E-state index in [4.69, 9.17) is 10.5 Å². The standard InChI is InChI=1S/C11H22N2O2/c1-10(2,3)15-9(14)13(4)8-7-11(12)5-6-11/h5-8,12H2,1-4H3. The number of amides is 1. The highest BCUT2D eigenvalue weighted by atomic mass is 16.6. The maximum absolute atomic E-state index is 11.6. The fraction of sp³-hybridized carbons (Fsp3) is 0.909. The normalized spacial score (nSPS) is 18.5. The summed E-state index contributed by atoms with van der Waals surface area (Å²) in [6.45, 7) is 6.27. The van der Waals surface area contributed by atoms with Gasteiger partial charge in [0.25, 0.3) is 0 Å². The molecule has 1 rings (SSSR count). The van der Waals surface area contributed by atoms with Crippen molar-refractivity contribution >= 4 is 6.09 Å². The van der Waals surface area contributed by atoms with Gasteiger partial charge < -0.3 is 15.4 Å². The zero-order valence-electron chi connectivity index (χ0n) is 10.2. The van der Waals surface area contributed by atoms with Crippen LogP contribution in [0.15, 0.2) is 0 Å². The van der Waals surface area contributed by atoms with E-state index >= 15 is 0 Å². The van der Waals surface area contributed by atoms with Gasteiger partial charge in [-0.05, 0) is 40.0 Å². The van der Waals surface area contributed by atoms with E-state index in [0.29, 0.717) is 6.54 Å². The van der Waals surface area contributed by atoms with Crippen molar-refractivity contribution in [2.75, 3.05) is 13.6 Å². The summed E-state index contributed by atoms with van der Waals surface area (Å²) < 4.78 is 5.23. The van der Waals surface area contributed by atoms with Crippen LogP contribution in [-0.2, 0) is 4.74 Å². The SMILES string of the molecule is CN(CCC1(N)CC1)C(=O)OC(C)(C)C. The smallest absolute Gasteiger partial charge is 0.410 e. The Morgan fingerprint density at radius 3 is 2.40 bits per heavy atom. The summed E-state index contributed by atoms with van der Waals surface area (Å²) >= 11 is 0. The fourth-order valence-corrected chi connectivity index (χ4v) is 1.23. The highest BCUT2D eigenvalue weighted by Gasteiger charge is 2.38. The fourth-order valence-electron chi connectivity index (χ4n) is 1.23. The predicted molar refractivity (Wildman–Crippen MR) is 59.6 cm³/mol. The van der Waals surface area contributed by atoms with E-state index < -0.39 is 5.60 Å². The molecule has 0 heterocycles. The summed E-state index contributed by atoms with van der Waals surface area (Å²) in [6.07, 6.45) is 2.75. The molecule has 1 amide bonds. The minimum Gasteiger partial charge on any atom is -0.444 e. The van der Waals surface area contributed by atoms with Crippen molar-refractivity contribution in [3.63, 3.8) is 0 Å². The first-order chi connectivity index (χ1) is 6.72. The molecule has 0 aromatic heterocycles. The van der Waals surface area contributed by atoms with Gasteiger partial charge in [-0.2, -0.15) is 0 Å². The second kappa shape index (κ2) is 4.00. The van der Waals surface area contributed by atoms with Crippen molar-refractivity contribution < 1.29 is 9.53 Å². The quantitative estimate of drug-likeness (QED) is 0.778. The van der Waals surface area contributed by atoms with Gasteiger partial charge in [0.2, 0.25) is 0 Å². The third-order valence-corrected chi connectivity index (χ3v) is 2.54. The molecule has 0 aromatic rings. The van der Waals surface area contributed by atoms with Crippen molar-refractivity contribution in [3.05, 3.63) is 0 Å². The van der Waals surface area contributed by atoms with Crippen molar-refractivity contribution in [1.82, 2.24) is 4.90 Å². The average molecular weight is 214 g/mol. The number of ether oxygens (including phenoxy) is 1. The largest absolute Gasteiger partial charge is 0.444 e. The lowest BCUT2D eigenvalue weighted by Crippen LogP contribution is -2.37. The van der Waals surface area contributed by atoms with E-state index in [9.17, 15) is 4.79 Å². The van der Waals surface area contributed by atoms with Crippen LogP contribution in [0.4, 0.5) is 4.79 Å². The van der Waals surface area contributed by atoms with Crippen LogP contribution >= 0.6 is 0 Å². The van der Waals surface area contributed by atoms with Gasteiger partial charge in [0.15, 0.2) is 0 Å². The molecule has 1 fully saturated rings. The second-order valence-electron chi connectivity index (χ2n) is 5.51. The molecule has 4 nitrogen and oxygen atoms in total. The first kappa shape index (κ1) is 12.3. The molecule has 4 heteroatoms. The summed E-state index contributed by atoms with van der Waals surface area (Å²) in [5.74, 6) is 0. The molecule has 0 radical (unpaired) electrons. The van der Waals surface area contributed by atoms with Gasteiger partial charge in [-0.25, -0.2) is 4.79 Å². The maximum atomic E-state index is 11.6. The Morgan fingerprint density at radius 1 is 1.47 bits per heavy atom. The monoisotopic (exact) mass is 214 g/mol. The number of rotatable bonds is 3. The first-order valence-electron chi connectivity index (χ1n) is 5.45. The Bertz CT molecular complexity index is 241. The van der Waals surface area contributed by atoms with E-state index in [0.717, 1.165) is 19.3 Å². The molecule has 0 aromatic carbocycles. The van der Waals surface area contributed by atoms with Gasteiger partial charge in [-0.15, -0.1) is 0 Å². The van der Waals surface area contributed by atoms with Crippen LogP contribution < -0.4 is 5.73 Å². The summed E-state index contributed by atoms with van der Waals surface area (Å²) in [7, 11) is 1.75. The van der Waals surface area contributed by atoms with Gasteiger partial charge in [0.1, 0.15) is 5.60 Å². The third kappa shape index (κ3) is 4.51. The summed E-state index contributed by atoms with van der Waals surface area (Å²) in [5, 5.41) is 0. The Labute approximate surface area is 91.8 Å². The number of hydrogen-bond acceptors (Lipinski definition) is 3. The van der Waals surface area contributed by atoms with Crippen molar-refractivity contribution in [3.8, 4) is 0 Å². The molecule has 0 atom stereocenters. The minimum atomic E-state index is -0.425. The van der Waals surface area contributed by atoms with Gasteiger partial charge >= 0.3 is 6.09 Å². The molecule has 0 saturated heterocycles. The number of carbonyl (C=O) groups excluding carboxylic acids is 1. The van der Waals surface area contributed by atoms with Crippen LogP contribution in [0, 0.1) is 0 Å². The number of carbonyl (C=O) groups is 1. The molecule has 1 aliphatic carbocycles. The van der Waals surface area contributed by atoms with Gasteiger partial charge in [-0.1, -0.05) is 0 Å². The Balaban J connectivity index is 2.27. The molecule has 88 valence electrons. The van der Waals surface area contributed by atoms with Gasteiger partial charge in [-0.3, -0.25) is 0 Å². The van der Waals surface area contributed by atoms with Crippen LogP contribution in [-0.4, -0.2) is 35.7 Å². The van der Waals surface area contributed by atoms with E-state index in [1.807, 2.05) is 20.8 Å². The number of hydrogen-bond donors (Lipinski definition) is 1. The predicted octanol–water partition coefficient (Wildman–Crippen LogP) is 1.73. The second-order valence-corrected chi connectivity index (χ2v) is 5.51. The molecular weight excluding hydrogens is 192 g/mol.